The topological polar surface area (TPSA) is 49.9 Å². The number of hydrogen-bond donors (Lipinski definition) is 0. The predicted octanol–water partition coefficient (Wildman–Crippen LogP) is -0.185. The maximum Gasteiger partial charge on any atom is 0.315 e. The third-order valence-electron chi connectivity index (χ3n) is 1.89. The maximum absolute atomic E-state index is 12.2. The normalized spacial score (nSPS) is 10.4. The zero-order valence-electron chi connectivity index (χ0n) is 9.57. The van der Waals surface area contributed by atoms with Crippen LogP contribution in [0.4, 0.5) is 8.78 Å². The molecule has 0 aliphatic heterocycles. The Morgan fingerprint density at radius 2 is 1.88 bits per heavy atom. The fourth-order valence-corrected chi connectivity index (χ4v) is 0.911. The zero-order chi connectivity index (χ0) is 12.7. The smallest absolute Gasteiger partial charge is 0.315 e. The van der Waals surface area contributed by atoms with Crippen LogP contribution < -0.4 is 0 Å². The number of amides is 2. The van der Waals surface area contributed by atoms with Gasteiger partial charge in [-0.2, -0.15) is 8.78 Å². The molecule has 0 fully saturated rings. The largest absolute Gasteiger partial charge is 0.383 e. The standard InChI is InChI=1S/C9H16F2N2O3/c1-12(2)7(14)6-13(4-5-16-3)9(15)8(10)11/h8H,4-6H2,1-3H3. The first-order chi connectivity index (χ1) is 7.40. The minimum absolute atomic E-state index is 0.0285. The van der Waals surface area contributed by atoms with E-state index in [4.69, 9.17) is 0 Å². The lowest BCUT2D eigenvalue weighted by Crippen LogP contribution is -2.44. The molecule has 5 nitrogen and oxygen atoms in total. The van der Waals surface area contributed by atoms with Crippen LogP contribution in [-0.2, 0) is 14.3 Å². The number of hydrogen-bond acceptors (Lipinski definition) is 3. The van der Waals surface area contributed by atoms with Gasteiger partial charge in [-0.15, -0.1) is 0 Å². The number of carbonyl (C=O) groups excluding carboxylic acids is 2. The molecule has 0 aliphatic carbocycles. The molecule has 7 heteroatoms. The van der Waals surface area contributed by atoms with Crippen LogP contribution in [0.1, 0.15) is 0 Å². The zero-order valence-corrected chi connectivity index (χ0v) is 9.57. The molecule has 0 saturated heterocycles. The van der Waals surface area contributed by atoms with Gasteiger partial charge in [-0.3, -0.25) is 9.59 Å². The second kappa shape index (κ2) is 7.10. The molecule has 0 bridgehead atoms. The van der Waals surface area contributed by atoms with E-state index >= 15 is 0 Å². The van der Waals surface area contributed by atoms with Crippen molar-refractivity contribution in [3.63, 3.8) is 0 Å². The summed E-state index contributed by atoms with van der Waals surface area (Å²) in [7, 11) is 4.37. The number of rotatable bonds is 6. The van der Waals surface area contributed by atoms with Crippen molar-refractivity contribution in [3.8, 4) is 0 Å². The summed E-state index contributed by atoms with van der Waals surface area (Å²) in [6.45, 7) is -0.280. The molecule has 0 unspecified atom stereocenters. The highest BCUT2D eigenvalue weighted by molar-refractivity contribution is 5.86. The van der Waals surface area contributed by atoms with E-state index in [1.165, 1.54) is 26.1 Å². The van der Waals surface area contributed by atoms with Crippen LogP contribution in [0.5, 0.6) is 0 Å². The third kappa shape index (κ3) is 5.01. The highest BCUT2D eigenvalue weighted by Crippen LogP contribution is 2.01. The van der Waals surface area contributed by atoms with E-state index in [-0.39, 0.29) is 19.7 Å². The fourth-order valence-electron chi connectivity index (χ4n) is 0.911. The lowest BCUT2D eigenvalue weighted by molar-refractivity contribution is -0.147. The van der Waals surface area contributed by atoms with Crippen LogP contribution >= 0.6 is 0 Å². The molecule has 0 rings (SSSR count). The number of alkyl halides is 2. The van der Waals surface area contributed by atoms with Gasteiger partial charge in [-0.25, -0.2) is 0 Å². The number of likely N-dealkylation sites (N-methyl/N-ethyl adjacent to an activating group) is 1. The van der Waals surface area contributed by atoms with Gasteiger partial charge in [0.1, 0.15) is 0 Å². The summed E-state index contributed by atoms with van der Waals surface area (Å²) in [6, 6.07) is 0. The SMILES string of the molecule is COCCN(CC(=O)N(C)C)C(=O)C(F)F. The first-order valence-electron chi connectivity index (χ1n) is 4.66. The molecule has 0 spiro atoms. The Morgan fingerprint density at radius 1 is 1.31 bits per heavy atom. The van der Waals surface area contributed by atoms with Crippen molar-refractivity contribution in [2.24, 2.45) is 0 Å². The number of methoxy groups -OCH3 is 1. The van der Waals surface area contributed by atoms with Gasteiger partial charge in [0, 0.05) is 27.7 Å². The van der Waals surface area contributed by atoms with E-state index < -0.39 is 18.2 Å². The van der Waals surface area contributed by atoms with Gasteiger partial charge in [-0.05, 0) is 0 Å². The van der Waals surface area contributed by atoms with Gasteiger partial charge < -0.3 is 14.5 Å². The summed E-state index contributed by atoms with van der Waals surface area (Å²) in [5, 5.41) is 0. The maximum atomic E-state index is 12.2. The molecule has 0 N–H and O–H groups in total. The number of ether oxygens (including phenoxy) is 1. The van der Waals surface area contributed by atoms with Crippen LogP contribution in [-0.4, -0.2) is 68.9 Å². The Morgan fingerprint density at radius 3 is 2.25 bits per heavy atom. The highest BCUT2D eigenvalue weighted by atomic mass is 19.3. The monoisotopic (exact) mass is 238 g/mol. The summed E-state index contributed by atoms with van der Waals surface area (Å²) in [5.41, 5.74) is 0. The van der Waals surface area contributed by atoms with Gasteiger partial charge in [0.25, 0.3) is 5.91 Å². The Bertz CT molecular complexity index is 247. The Labute approximate surface area is 92.9 Å². The van der Waals surface area contributed by atoms with Crippen molar-refractivity contribution < 1.29 is 23.1 Å². The molecule has 16 heavy (non-hydrogen) atoms. The average Bonchev–Trinajstić information content (AvgIpc) is 2.22. The predicted molar refractivity (Wildman–Crippen MR) is 53.2 cm³/mol. The van der Waals surface area contributed by atoms with Crippen LogP contribution in [0.3, 0.4) is 0 Å². The van der Waals surface area contributed by atoms with Crippen molar-refractivity contribution in [2.75, 3.05) is 40.9 Å². The number of carbonyl (C=O) groups is 2. The van der Waals surface area contributed by atoms with Crippen LogP contribution in [0.2, 0.25) is 0 Å². The van der Waals surface area contributed by atoms with Crippen LogP contribution in [0.15, 0.2) is 0 Å². The van der Waals surface area contributed by atoms with Crippen molar-refractivity contribution in [3.05, 3.63) is 0 Å². The molecule has 94 valence electrons. The molecular formula is C9H16F2N2O3. The molecule has 2 amide bonds. The van der Waals surface area contributed by atoms with E-state index in [0.717, 1.165) is 4.90 Å². The van der Waals surface area contributed by atoms with Crippen molar-refractivity contribution in [1.29, 1.82) is 0 Å². The summed E-state index contributed by atoms with van der Waals surface area (Å²) < 4.78 is 29.1. The Balaban J connectivity index is 4.42. The molecule has 0 heterocycles. The first kappa shape index (κ1) is 14.8. The van der Waals surface area contributed by atoms with E-state index in [2.05, 4.69) is 4.74 Å². The summed E-state index contributed by atoms with van der Waals surface area (Å²) in [4.78, 5) is 24.4. The van der Waals surface area contributed by atoms with E-state index in [1.807, 2.05) is 0 Å². The molecule has 0 radical (unpaired) electrons. The molecule has 0 aromatic heterocycles. The van der Waals surface area contributed by atoms with Gasteiger partial charge in [0.05, 0.1) is 13.2 Å². The van der Waals surface area contributed by atoms with Crippen molar-refractivity contribution >= 4 is 11.8 Å². The quantitative estimate of drug-likeness (QED) is 0.644. The third-order valence-corrected chi connectivity index (χ3v) is 1.89. The summed E-state index contributed by atoms with van der Waals surface area (Å²) >= 11 is 0. The number of halogens is 2. The van der Waals surface area contributed by atoms with Gasteiger partial charge in [0.2, 0.25) is 5.91 Å². The van der Waals surface area contributed by atoms with Crippen molar-refractivity contribution in [2.45, 2.75) is 6.43 Å². The number of nitrogens with zero attached hydrogens (tertiary/aromatic N) is 2. The first-order valence-corrected chi connectivity index (χ1v) is 4.66. The van der Waals surface area contributed by atoms with E-state index in [1.54, 1.807) is 0 Å². The molecule has 0 aliphatic rings. The van der Waals surface area contributed by atoms with E-state index in [9.17, 15) is 18.4 Å². The van der Waals surface area contributed by atoms with Crippen LogP contribution in [0.25, 0.3) is 0 Å². The Kier molecular flexibility index (Phi) is 6.55. The van der Waals surface area contributed by atoms with Gasteiger partial charge >= 0.3 is 6.43 Å². The molecule has 0 atom stereocenters. The second-order valence-corrected chi connectivity index (χ2v) is 3.34. The lowest BCUT2D eigenvalue weighted by Gasteiger charge is -2.23. The molecule has 0 saturated carbocycles. The molecule has 0 aromatic rings. The average molecular weight is 238 g/mol. The highest BCUT2D eigenvalue weighted by Gasteiger charge is 2.25. The molecule has 0 aromatic carbocycles. The van der Waals surface area contributed by atoms with Gasteiger partial charge in [-0.1, -0.05) is 0 Å². The molecular weight excluding hydrogens is 222 g/mol. The van der Waals surface area contributed by atoms with Crippen LogP contribution in [0, 0.1) is 0 Å². The second-order valence-electron chi connectivity index (χ2n) is 3.34. The summed E-state index contributed by atoms with van der Waals surface area (Å²) in [5.74, 6) is -1.77. The summed E-state index contributed by atoms with van der Waals surface area (Å²) in [6.07, 6.45) is -3.10. The Hall–Kier alpha value is -1.24. The minimum atomic E-state index is -3.10. The minimum Gasteiger partial charge on any atom is -0.383 e. The van der Waals surface area contributed by atoms with E-state index in [0.29, 0.717) is 0 Å². The van der Waals surface area contributed by atoms with Gasteiger partial charge in [0.15, 0.2) is 0 Å². The fraction of sp³-hybridized carbons (Fsp3) is 0.778. The lowest BCUT2D eigenvalue weighted by atomic mass is 10.4. The van der Waals surface area contributed by atoms with Crippen molar-refractivity contribution in [1.82, 2.24) is 9.80 Å².